The van der Waals surface area contributed by atoms with Crippen LogP contribution in [0, 0.1) is 11.3 Å². The second-order valence-electron chi connectivity index (χ2n) is 2.64. The van der Waals surface area contributed by atoms with Gasteiger partial charge >= 0.3 is 0 Å². The third kappa shape index (κ3) is 1.93. The number of hydrogen-bond acceptors (Lipinski definition) is 5. The molecule has 0 saturated heterocycles. The maximum atomic E-state index is 10.5. The molecular formula is C9H8N2O3. The Morgan fingerprint density at radius 1 is 1.57 bits per heavy atom. The summed E-state index contributed by atoms with van der Waals surface area (Å²) >= 11 is 0. The van der Waals surface area contributed by atoms with E-state index in [9.17, 15) is 9.90 Å². The highest BCUT2D eigenvalue weighted by molar-refractivity contribution is 5.77. The van der Waals surface area contributed by atoms with E-state index in [1.165, 1.54) is 24.5 Å². The Bertz CT molecular complexity index is 373. The van der Waals surface area contributed by atoms with Crippen molar-refractivity contribution in [3.8, 4) is 6.07 Å². The largest absolute Gasteiger partial charge is 0.384 e. The molecule has 5 nitrogen and oxygen atoms in total. The number of carbonyl (C=O) groups excluding carboxylic acids is 1. The number of aliphatic hydroxyl groups excluding tert-OH is 2. The van der Waals surface area contributed by atoms with Gasteiger partial charge in [-0.05, 0) is 6.07 Å². The fourth-order valence-electron chi connectivity index (χ4n) is 1.01. The Kier molecular flexibility index (Phi) is 3.29. The topological polar surface area (TPSA) is 94.2 Å². The van der Waals surface area contributed by atoms with Gasteiger partial charge in [0.25, 0.3) is 0 Å². The van der Waals surface area contributed by atoms with Crippen LogP contribution in [0.2, 0.25) is 0 Å². The van der Waals surface area contributed by atoms with E-state index >= 15 is 0 Å². The van der Waals surface area contributed by atoms with Crippen LogP contribution < -0.4 is 0 Å². The van der Waals surface area contributed by atoms with E-state index in [0.717, 1.165) is 0 Å². The highest BCUT2D eigenvalue weighted by Gasteiger charge is 2.20. The molecule has 14 heavy (non-hydrogen) atoms. The van der Waals surface area contributed by atoms with Gasteiger partial charge in [0.15, 0.2) is 12.4 Å². The van der Waals surface area contributed by atoms with Gasteiger partial charge in [0.2, 0.25) is 0 Å². The van der Waals surface area contributed by atoms with E-state index in [1.54, 1.807) is 0 Å². The number of aromatic nitrogens is 1. The lowest BCUT2D eigenvalue weighted by Gasteiger charge is -2.12. The minimum Gasteiger partial charge on any atom is -0.384 e. The number of carbonyl (C=O) groups is 1. The quantitative estimate of drug-likeness (QED) is 0.511. The van der Waals surface area contributed by atoms with Crippen LogP contribution in [-0.4, -0.2) is 27.6 Å². The lowest BCUT2D eigenvalue weighted by atomic mass is 10.0. The molecule has 0 amide bonds. The molecule has 1 rings (SSSR count). The summed E-state index contributed by atoms with van der Waals surface area (Å²) in [7, 11) is 0. The van der Waals surface area contributed by atoms with Crippen molar-refractivity contribution in [2.45, 2.75) is 12.2 Å². The molecule has 0 radical (unpaired) electrons. The maximum absolute atomic E-state index is 10.5. The average Bonchev–Trinajstić information content (AvgIpc) is 2.26. The Balaban J connectivity index is 3.06. The summed E-state index contributed by atoms with van der Waals surface area (Å²) in [5, 5.41) is 26.8. The van der Waals surface area contributed by atoms with Crippen molar-refractivity contribution in [1.29, 1.82) is 5.26 Å². The molecule has 0 spiro atoms. The predicted octanol–water partition coefficient (Wildman–Crippen LogP) is -0.188. The maximum Gasteiger partial charge on any atom is 0.170 e. The number of rotatable bonds is 3. The molecule has 0 aliphatic carbocycles. The van der Waals surface area contributed by atoms with E-state index in [1.807, 2.05) is 0 Å². The molecule has 0 aliphatic rings. The first kappa shape index (κ1) is 10.3. The van der Waals surface area contributed by atoms with Crippen LogP contribution in [0.25, 0.3) is 0 Å². The van der Waals surface area contributed by atoms with E-state index in [-0.39, 0.29) is 11.1 Å². The van der Waals surface area contributed by atoms with Crippen molar-refractivity contribution in [1.82, 2.24) is 4.98 Å². The van der Waals surface area contributed by atoms with Gasteiger partial charge in [-0.2, -0.15) is 5.26 Å². The van der Waals surface area contributed by atoms with Gasteiger partial charge in [-0.1, -0.05) is 0 Å². The highest BCUT2D eigenvalue weighted by atomic mass is 16.3. The van der Waals surface area contributed by atoms with Crippen LogP contribution >= 0.6 is 0 Å². The zero-order valence-corrected chi connectivity index (χ0v) is 7.16. The minimum absolute atomic E-state index is 0.150. The molecule has 2 N–H and O–H groups in total. The van der Waals surface area contributed by atoms with Crippen LogP contribution in [-0.2, 0) is 0 Å². The average molecular weight is 192 g/mol. The zero-order valence-electron chi connectivity index (χ0n) is 7.16. The van der Waals surface area contributed by atoms with Gasteiger partial charge in [0, 0.05) is 23.5 Å². The molecule has 0 bridgehead atoms. The van der Waals surface area contributed by atoms with Gasteiger partial charge in [-0.3, -0.25) is 9.78 Å². The lowest BCUT2D eigenvalue weighted by Crippen LogP contribution is -2.17. The van der Waals surface area contributed by atoms with E-state index in [2.05, 4.69) is 4.98 Å². The fraction of sp³-hybridized carbons (Fsp3) is 0.222. The first-order valence-electron chi connectivity index (χ1n) is 3.85. The zero-order chi connectivity index (χ0) is 10.6. The third-order valence-electron chi connectivity index (χ3n) is 1.76. The number of hydrogen-bond donors (Lipinski definition) is 2. The summed E-state index contributed by atoms with van der Waals surface area (Å²) in [6.07, 6.45) is 0.199. The molecule has 2 atom stereocenters. The van der Waals surface area contributed by atoms with Crippen LogP contribution in [0.5, 0.6) is 0 Å². The van der Waals surface area contributed by atoms with Crippen LogP contribution in [0.4, 0.5) is 0 Å². The van der Waals surface area contributed by atoms with Crippen LogP contribution in [0.1, 0.15) is 22.0 Å². The van der Waals surface area contributed by atoms with E-state index < -0.39 is 12.2 Å². The molecule has 0 fully saturated rings. The Morgan fingerprint density at radius 3 is 2.86 bits per heavy atom. The number of nitrogens with zero attached hydrogens (tertiary/aromatic N) is 2. The van der Waals surface area contributed by atoms with Gasteiger partial charge < -0.3 is 10.2 Å². The van der Waals surface area contributed by atoms with Crippen LogP contribution in [0.3, 0.4) is 0 Å². The number of aliphatic hydroxyl groups is 2. The first-order valence-corrected chi connectivity index (χ1v) is 3.85. The molecule has 0 saturated carbocycles. The SMILES string of the molecule is N#CC(O)C(O)c1cnccc1C=O. The molecule has 2 unspecified atom stereocenters. The summed E-state index contributed by atoms with van der Waals surface area (Å²) in [6, 6.07) is 2.87. The predicted molar refractivity (Wildman–Crippen MR) is 46.2 cm³/mol. The molecule has 5 heteroatoms. The fourth-order valence-corrected chi connectivity index (χ4v) is 1.01. The monoisotopic (exact) mass is 192 g/mol. The molecule has 1 heterocycles. The summed E-state index contributed by atoms with van der Waals surface area (Å²) < 4.78 is 0. The lowest BCUT2D eigenvalue weighted by molar-refractivity contribution is 0.0520. The molecule has 72 valence electrons. The molecule has 0 aliphatic heterocycles. The van der Waals surface area contributed by atoms with Gasteiger partial charge in [0.05, 0.1) is 6.07 Å². The van der Waals surface area contributed by atoms with Crippen LogP contribution in [0.15, 0.2) is 18.5 Å². The van der Waals surface area contributed by atoms with Gasteiger partial charge in [-0.15, -0.1) is 0 Å². The van der Waals surface area contributed by atoms with Crippen molar-refractivity contribution in [2.75, 3.05) is 0 Å². The smallest absolute Gasteiger partial charge is 0.170 e. The number of aldehydes is 1. The first-order chi connectivity index (χ1) is 6.70. The summed E-state index contributed by atoms with van der Waals surface area (Å²) in [4.78, 5) is 14.2. The molecular weight excluding hydrogens is 184 g/mol. The number of nitriles is 1. The second kappa shape index (κ2) is 4.46. The Labute approximate surface area is 80.3 Å². The second-order valence-corrected chi connectivity index (χ2v) is 2.64. The third-order valence-corrected chi connectivity index (χ3v) is 1.76. The van der Waals surface area contributed by atoms with Gasteiger partial charge in [-0.25, -0.2) is 0 Å². The van der Waals surface area contributed by atoms with E-state index in [0.29, 0.717) is 6.29 Å². The summed E-state index contributed by atoms with van der Waals surface area (Å²) in [6.45, 7) is 0. The van der Waals surface area contributed by atoms with Crippen molar-refractivity contribution in [3.05, 3.63) is 29.6 Å². The summed E-state index contributed by atoms with van der Waals surface area (Å²) in [5.74, 6) is 0. The highest BCUT2D eigenvalue weighted by Crippen LogP contribution is 2.18. The minimum atomic E-state index is -1.56. The standard InChI is InChI=1S/C9H8N2O3/c10-3-8(13)9(14)7-4-11-2-1-6(7)5-12/h1-2,4-5,8-9,13-14H. The van der Waals surface area contributed by atoms with Crippen molar-refractivity contribution >= 4 is 6.29 Å². The number of pyridine rings is 1. The Morgan fingerprint density at radius 2 is 2.29 bits per heavy atom. The molecule has 1 aromatic rings. The molecule has 0 aromatic carbocycles. The van der Waals surface area contributed by atoms with E-state index in [4.69, 9.17) is 10.4 Å². The summed E-state index contributed by atoms with van der Waals surface area (Å²) in [5.41, 5.74) is 0.360. The van der Waals surface area contributed by atoms with Crippen molar-refractivity contribution in [3.63, 3.8) is 0 Å². The van der Waals surface area contributed by atoms with Crippen molar-refractivity contribution < 1.29 is 15.0 Å². The van der Waals surface area contributed by atoms with Crippen molar-refractivity contribution in [2.24, 2.45) is 0 Å². The van der Waals surface area contributed by atoms with Gasteiger partial charge in [0.1, 0.15) is 6.10 Å². The normalized spacial score (nSPS) is 14.1. The molecule has 1 aromatic heterocycles. The Hall–Kier alpha value is -1.77.